The summed E-state index contributed by atoms with van der Waals surface area (Å²) in [5.41, 5.74) is 5.55. The van der Waals surface area contributed by atoms with Crippen LogP contribution < -0.4 is 4.74 Å². The molecule has 0 saturated carbocycles. The van der Waals surface area contributed by atoms with E-state index in [0.717, 1.165) is 51.9 Å². The number of aromatic nitrogens is 1. The van der Waals surface area contributed by atoms with Crippen LogP contribution in [-0.4, -0.2) is 36.0 Å². The number of hydrogen-bond acceptors (Lipinski definition) is 4. The second-order valence-corrected chi connectivity index (χ2v) is 7.25. The van der Waals surface area contributed by atoms with Crippen molar-refractivity contribution in [2.75, 3.05) is 20.2 Å². The molecule has 0 saturated heterocycles. The van der Waals surface area contributed by atoms with Gasteiger partial charge in [0.05, 0.1) is 30.0 Å². The highest BCUT2D eigenvalue weighted by Gasteiger charge is 2.28. The van der Waals surface area contributed by atoms with E-state index in [1.54, 1.807) is 12.0 Å². The number of fused-ring (bicyclic) bond motifs is 2. The van der Waals surface area contributed by atoms with Gasteiger partial charge in [0, 0.05) is 11.9 Å². The summed E-state index contributed by atoms with van der Waals surface area (Å²) in [5, 5.41) is 9.99. The molecule has 0 spiro atoms. The molecule has 1 aliphatic carbocycles. The number of allylic oxidation sites excluding steroid dienone is 1. The zero-order valence-corrected chi connectivity index (χ0v) is 17.2. The molecule has 1 heterocycles. The maximum atomic E-state index is 13.4. The molecule has 1 aromatic heterocycles. The molecule has 0 aliphatic heterocycles. The number of ether oxygens (including phenoxy) is 1. The number of carbonyl (C=O) groups is 1. The summed E-state index contributed by atoms with van der Waals surface area (Å²) in [6.07, 6.45) is 3.73. The van der Waals surface area contributed by atoms with Crippen LogP contribution in [0.15, 0.2) is 48.5 Å². The Morgan fingerprint density at radius 3 is 2.67 bits per heavy atom. The first-order chi connectivity index (χ1) is 14.7. The predicted molar refractivity (Wildman–Crippen MR) is 118 cm³/mol. The Hall–Kier alpha value is -3.65. The predicted octanol–water partition coefficient (Wildman–Crippen LogP) is 4.72. The van der Waals surface area contributed by atoms with Gasteiger partial charge in [-0.05, 0) is 60.7 Å². The highest BCUT2D eigenvalue weighted by molar-refractivity contribution is 6.09. The standard InChI is InChI=1S/C25H23N3O2/c1-3-28(15-14-26)25(29)23-20-6-4-5-7-22(20)27-24-18(10-13-21(23)24)16-17-8-11-19(30-2)12-9-17/h4-9,11-12,16H,3,10,13,15H2,1-2H3. The van der Waals surface area contributed by atoms with Gasteiger partial charge in [-0.25, -0.2) is 4.98 Å². The number of hydrogen-bond donors (Lipinski definition) is 0. The molecule has 30 heavy (non-hydrogen) atoms. The minimum absolute atomic E-state index is 0.0787. The van der Waals surface area contributed by atoms with Crippen molar-refractivity contribution in [2.24, 2.45) is 0 Å². The molecule has 2 aromatic carbocycles. The van der Waals surface area contributed by atoms with Crippen LogP contribution in [0.5, 0.6) is 5.75 Å². The quantitative estimate of drug-likeness (QED) is 0.585. The Bertz CT molecular complexity index is 1170. The van der Waals surface area contributed by atoms with Gasteiger partial charge in [-0.3, -0.25) is 4.79 Å². The number of rotatable bonds is 5. The van der Waals surface area contributed by atoms with E-state index in [4.69, 9.17) is 15.0 Å². The van der Waals surface area contributed by atoms with Crippen LogP contribution in [0.2, 0.25) is 0 Å². The number of carbonyl (C=O) groups excluding carboxylic acids is 1. The number of benzene rings is 2. The summed E-state index contributed by atoms with van der Waals surface area (Å²) in [6.45, 7) is 2.47. The Morgan fingerprint density at radius 2 is 1.97 bits per heavy atom. The van der Waals surface area contributed by atoms with E-state index in [0.29, 0.717) is 12.1 Å². The van der Waals surface area contributed by atoms with E-state index in [2.05, 4.69) is 12.1 Å². The first kappa shape index (κ1) is 19.7. The summed E-state index contributed by atoms with van der Waals surface area (Å²) in [5.74, 6) is 0.720. The summed E-state index contributed by atoms with van der Waals surface area (Å²) < 4.78 is 5.24. The summed E-state index contributed by atoms with van der Waals surface area (Å²) >= 11 is 0. The van der Waals surface area contributed by atoms with Crippen LogP contribution in [0.1, 0.15) is 40.5 Å². The molecule has 3 aromatic rings. The molecule has 0 radical (unpaired) electrons. The largest absolute Gasteiger partial charge is 0.497 e. The average molecular weight is 397 g/mol. The van der Waals surface area contributed by atoms with E-state index in [1.165, 1.54) is 0 Å². The van der Waals surface area contributed by atoms with Crippen molar-refractivity contribution in [3.63, 3.8) is 0 Å². The molecule has 0 bridgehead atoms. The van der Waals surface area contributed by atoms with Crippen molar-refractivity contribution in [1.29, 1.82) is 5.26 Å². The Labute approximate surface area is 176 Å². The molecular weight excluding hydrogens is 374 g/mol. The van der Waals surface area contributed by atoms with Crippen LogP contribution in [0, 0.1) is 11.3 Å². The lowest BCUT2D eigenvalue weighted by atomic mass is 9.99. The van der Waals surface area contributed by atoms with Crippen molar-refractivity contribution in [2.45, 2.75) is 19.8 Å². The van der Waals surface area contributed by atoms with Gasteiger partial charge < -0.3 is 9.64 Å². The lowest BCUT2D eigenvalue weighted by Gasteiger charge is -2.20. The lowest BCUT2D eigenvalue weighted by molar-refractivity contribution is 0.0785. The van der Waals surface area contributed by atoms with Gasteiger partial charge in [0.15, 0.2) is 0 Å². The summed E-state index contributed by atoms with van der Waals surface area (Å²) in [4.78, 5) is 19.9. The van der Waals surface area contributed by atoms with E-state index >= 15 is 0 Å². The maximum Gasteiger partial charge on any atom is 0.255 e. The van der Waals surface area contributed by atoms with Gasteiger partial charge in [-0.2, -0.15) is 5.26 Å². The van der Waals surface area contributed by atoms with Gasteiger partial charge in [-0.15, -0.1) is 0 Å². The Morgan fingerprint density at radius 1 is 1.20 bits per heavy atom. The Balaban J connectivity index is 1.85. The van der Waals surface area contributed by atoms with Crippen LogP contribution in [-0.2, 0) is 6.42 Å². The van der Waals surface area contributed by atoms with Crippen molar-refractivity contribution in [3.05, 3.63) is 70.9 Å². The molecule has 0 atom stereocenters. The highest BCUT2D eigenvalue weighted by atomic mass is 16.5. The molecule has 1 aliphatic rings. The second-order valence-electron chi connectivity index (χ2n) is 7.25. The third-order valence-corrected chi connectivity index (χ3v) is 5.54. The molecule has 0 unspecified atom stereocenters. The number of pyridine rings is 1. The zero-order valence-electron chi connectivity index (χ0n) is 17.2. The molecule has 0 N–H and O–H groups in total. The number of nitriles is 1. The van der Waals surface area contributed by atoms with Crippen molar-refractivity contribution in [3.8, 4) is 11.8 Å². The zero-order chi connectivity index (χ0) is 21.1. The van der Waals surface area contributed by atoms with E-state index in [-0.39, 0.29) is 12.5 Å². The molecule has 150 valence electrons. The number of para-hydroxylation sites is 1. The van der Waals surface area contributed by atoms with Crippen LogP contribution in [0.4, 0.5) is 0 Å². The minimum Gasteiger partial charge on any atom is -0.497 e. The van der Waals surface area contributed by atoms with Gasteiger partial charge >= 0.3 is 0 Å². The fourth-order valence-electron chi connectivity index (χ4n) is 4.00. The van der Waals surface area contributed by atoms with Gasteiger partial charge in [0.1, 0.15) is 12.3 Å². The normalized spacial score (nSPS) is 13.8. The fraction of sp³-hybridized carbons (Fsp3) is 0.240. The van der Waals surface area contributed by atoms with Gasteiger partial charge in [-0.1, -0.05) is 30.3 Å². The van der Waals surface area contributed by atoms with Crippen molar-refractivity contribution >= 4 is 28.5 Å². The number of nitrogens with zero attached hydrogens (tertiary/aromatic N) is 3. The van der Waals surface area contributed by atoms with Crippen LogP contribution in [0.25, 0.3) is 22.6 Å². The van der Waals surface area contributed by atoms with E-state index in [1.807, 2.05) is 55.5 Å². The van der Waals surface area contributed by atoms with Crippen molar-refractivity contribution < 1.29 is 9.53 Å². The minimum atomic E-state index is -0.0976. The monoisotopic (exact) mass is 397 g/mol. The maximum absolute atomic E-state index is 13.4. The third-order valence-electron chi connectivity index (χ3n) is 5.54. The molecular formula is C25H23N3O2. The summed E-state index contributed by atoms with van der Waals surface area (Å²) in [7, 11) is 1.65. The number of methoxy groups -OCH3 is 1. The lowest BCUT2D eigenvalue weighted by Crippen LogP contribution is -2.32. The Kier molecular flexibility index (Phi) is 5.49. The molecule has 5 heteroatoms. The average Bonchev–Trinajstić information content (AvgIpc) is 3.18. The van der Waals surface area contributed by atoms with E-state index in [9.17, 15) is 4.79 Å². The first-order valence-electron chi connectivity index (χ1n) is 10.1. The summed E-state index contributed by atoms with van der Waals surface area (Å²) in [6, 6.07) is 17.8. The van der Waals surface area contributed by atoms with Gasteiger partial charge in [0.25, 0.3) is 5.91 Å². The van der Waals surface area contributed by atoms with Crippen LogP contribution >= 0.6 is 0 Å². The SMILES string of the molecule is CCN(CC#N)C(=O)c1c2c(nc3ccccc13)C(=Cc1ccc(OC)cc1)CC2. The topological polar surface area (TPSA) is 66.2 Å². The van der Waals surface area contributed by atoms with Crippen molar-refractivity contribution in [1.82, 2.24) is 9.88 Å². The van der Waals surface area contributed by atoms with Crippen LogP contribution in [0.3, 0.4) is 0 Å². The smallest absolute Gasteiger partial charge is 0.255 e. The molecule has 5 nitrogen and oxygen atoms in total. The van der Waals surface area contributed by atoms with Gasteiger partial charge in [0.2, 0.25) is 0 Å². The number of amides is 1. The second kappa shape index (κ2) is 8.38. The first-order valence-corrected chi connectivity index (χ1v) is 10.1. The fourth-order valence-corrected chi connectivity index (χ4v) is 4.00. The molecule has 4 rings (SSSR count). The molecule has 0 fully saturated rings. The highest BCUT2D eigenvalue weighted by Crippen LogP contribution is 2.38. The van der Waals surface area contributed by atoms with E-state index < -0.39 is 0 Å². The molecule has 1 amide bonds. The third kappa shape index (κ3) is 3.53.